The average Bonchev–Trinajstić information content (AvgIpc) is 2.73. The molecule has 1 aromatic carbocycles. The van der Waals surface area contributed by atoms with Crippen LogP contribution in [0.15, 0.2) is 36.7 Å². The van der Waals surface area contributed by atoms with Gasteiger partial charge in [-0.3, -0.25) is 9.52 Å². The maximum Gasteiger partial charge on any atom is 0.229 e. The van der Waals surface area contributed by atoms with E-state index in [1.54, 1.807) is 24.3 Å². The third-order valence-corrected chi connectivity index (χ3v) is 3.40. The Kier molecular flexibility index (Phi) is 3.99. The number of carbonyl (C=O) groups excluding carboxylic acids is 1. The topological polar surface area (TPSA) is 69.7 Å². The third kappa shape index (κ3) is 3.99. The second kappa shape index (κ2) is 5.54. The maximum atomic E-state index is 12.1. The molecule has 7 heteroatoms. The molecule has 0 saturated carbocycles. The first-order valence-electron chi connectivity index (χ1n) is 6.07. The number of rotatable bonds is 5. The van der Waals surface area contributed by atoms with Crippen molar-refractivity contribution in [2.75, 3.05) is 31.2 Å². The van der Waals surface area contributed by atoms with Crippen molar-refractivity contribution < 1.29 is 13.2 Å². The van der Waals surface area contributed by atoms with Crippen LogP contribution in [-0.2, 0) is 10.0 Å². The van der Waals surface area contributed by atoms with Crippen LogP contribution >= 0.6 is 0 Å². The number of hydrogen-bond donors (Lipinski definition) is 1. The predicted molar refractivity (Wildman–Crippen MR) is 77.7 cm³/mol. The third-order valence-electron chi connectivity index (χ3n) is 2.79. The number of Topliss-reactive ketones (excluding diaryl/α,β-unsaturated/α-hetero) is 1. The van der Waals surface area contributed by atoms with E-state index >= 15 is 0 Å². The summed E-state index contributed by atoms with van der Waals surface area (Å²) >= 11 is 0. The Balaban J connectivity index is 1.99. The summed E-state index contributed by atoms with van der Waals surface area (Å²) in [5.41, 5.74) is 1.01. The van der Waals surface area contributed by atoms with Gasteiger partial charge in [-0.15, -0.1) is 0 Å². The summed E-state index contributed by atoms with van der Waals surface area (Å²) in [4.78, 5) is 16.0. The van der Waals surface area contributed by atoms with Crippen LogP contribution < -0.4 is 4.72 Å². The lowest BCUT2D eigenvalue weighted by Crippen LogP contribution is -2.28. The molecule has 0 bridgehead atoms. The van der Waals surface area contributed by atoms with Gasteiger partial charge in [-0.1, -0.05) is 0 Å². The standard InChI is InChI=1S/C13H17N3O3S/c1-15-7-8-16(10-15)9-13(17)11-3-5-12(6-4-11)14-20(2,18)19/h3-8,14H,9-10H2,1-2H3. The zero-order valence-corrected chi connectivity index (χ0v) is 12.2. The lowest BCUT2D eigenvalue weighted by atomic mass is 10.1. The Morgan fingerprint density at radius 1 is 1.25 bits per heavy atom. The van der Waals surface area contributed by atoms with E-state index in [0.29, 0.717) is 24.5 Å². The molecule has 0 aromatic heterocycles. The normalized spacial score (nSPS) is 14.7. The number of nitrogens with one attached hydrogen (secondary N) is 1. The molecular weight excluding hydrogens is 278 g/mol. The van der Waals surface area contributed by atoms with Gasteiger partial charge in [-0.05, 0) is 24.3 Å². The van der Waals surface area contributed by atoms with Gasteiger partial charge in [0.1, 0.15) is 0 Å². The summed E-state index contributed by atoms with van der Waals surface area (Å²) in [5.74, 6) is -0.00384. The smallest absolute Gasteiger partial charge is 0.229 e. The Morgan fingerprint density at radius 2 is 1.90 bits per heavy atom. The number of nitrogens with zero attached hydrogens (tertiary/aromatic N) is 2. The van der Waals surface area contributed by atoms with Gasteiger partial charge < -0.3 is 9.80 Å². The van der Waals surface area contributed by atoms with Crippen molar-refractivity contribution in [3.05, 3.63) is 42.2 Å². The average molecular weight is 295 g/mol. The fourth-order valence-corrected chi connectivity index (χ4v) is 2.47. The highest BCUT2D eigenvalue weighted by Crippen LogP contribution is 2.12. The van der Waals surface area contributed by atoms with Crippen molar-refractivity contribution in [3.8, 4) is 0 Å². The minimum atomic E-state index is -3.29. The Hall–Kier alpha value is -2.02. The first kappa shape index (κ1) is 14.4. The molecule has 1 aliphatic heterocycles. The minimum absolute atomic E-state index is 0.00384. The van der Waals surface area contributed by atoms with Gasteiger partial charge in [-0.2, -0.15) is 0 Å². The molecule has 2 rings (SSSR count). The molecule has 6 nitrogen and oxygen atoms in total. The van der Waals surface area contributed by atoms with E-state index in [0.717, 1.165) is 6.26 Å². The highest BCUT2D eigenvalue weighted by molar-refractivity contribution is 7.92. The largest absolute Gasteiger partial charge is 0.362 e. The van der Waals surface area contributed by atoms with E-state index < -0.39 is 10.0 Å². The quantitative estimate of drug-likeness (QED) is 0.818. The molecule has 0 radical (unpaired) electrons. The van der Waals surface area contributed by atoms with E-state index in [-0.39, 0.29) is 5.78 Å². The highest BCUT2D eigenvalue weighted by Gasteiger charge is 2.14. The van der Waals surface area contributed by atoms with E-state index in [1.807, 2.05) is 29.2 Å². The first-order chi connectivity index (χ1) is 9.33. The van der Waals surface area contributed by atoms with Gasteiger partial charge in [0.05, 0.1) is 19.5 Å². The molecule has 0 saturated heterocycles. The van der Waals surface area contributed by atoms with E-state index in [9.17, 15) is 13.2 Å². The zero-order valence-electron chi connectivity index (χ0n) is 11.4. The van der Waals surface area contributed by atoms with Gasteiger partial charge in [0.15, 0.2) is 5.78 Å². The first-order valence-corrected chi connectivity index (χ1v) is 7.96. The lowest BCUT2D eigenvalue weighted by molar-refractivity contribution is 0.0948. The highest BCUT2D eigenvalue weighted by atomic mass is 32.2. The van der Waals surface area contributed by atoms with Crippen molar-refractivity contribution in [1.29, 1.82) is 0 Å². The fraction of sp³-hybridized carbons (Fsp3) is 0.308. The monoisotopic (exact) mass is 295 g/mol. The Bertz CT molecular complexity index is 623. The molecule has 0 aliphatic carbocycles. The van der Waals surface area contributed by atoms with Crippen molar-refractivity contribution in [3.63, 3.8) is 0 Å². The van der Waals surface area contributed by atoms with Crippen molar-refractivity contribution in [2.24, 2.45) is 0 Å². The molecule has 0 fully saturated rings. The molecule has 0 spiro atoms. The maximum absolute atomic E-state index is 12.1. The molecular formula is C13H17N3O3S. The Labute approximate surface area is 118 Å². The van der Waals surface area contributed by atoms with Gasteiger partial charge in [0, 0.05) is 30.7 Å². The van der Waals surface area contributed by atoms with E-state index in [2.05, 4.69) is 4.72 Å². The lowest BCUT2D eigenvalue weighted by Gasteiger charge is -2.17. The van der Waals surface area contributed by atoms with Crippen LogP contribution in [-0.4, -0.2) is 50.5 Å². The van der Waals surface area contributed by atoms with E-state index in [4.69, 9.17) is 0 Å². The molecule has 20 heavy (non-hydrogen) atoms. The van der Waals surface area contributed by atoms with Gasteiger partial charge in [0.25, 0.3) is 0 Å². The molecule has 0 amide bonds. The van der Waals surface area contributed by atoms with Gasteiger partial charge >= 0.3 is 0 Å². The van der Waals surface area contributed by atoms with Crippen LogP contribution in [0, 0.1) is 0 Å². The van der Waals surface area contributed by atoms with Crippen molar-refractivity contribution in [1.82, 2.24) is 9.80 Å². The SMILES string of the molecule is CN1C=CN(CC(=O)c2ccc(NS(C)(=O)=O)cc2)C1. The molecule has 1 N–H and O–H groups in total. The van der Waals surface area contributed by atoms with Crippen LogP contribution in [0.3, 0.4) is 0 Å². The number of carbonyl (C=O) groups is 1. The van der Waals surface area contributed by atoms with Crippen LogP contribution in [0.2, 0.25) is 0 Å². The number of hydrogen-bond acceptors (Lipinski definition) is 5. The van der Waals surface area contributed by atoms with Crippen molar-refractivity contribution in [2.45, 2.75) is 0 Å². The summed E-state index contributed by atoms with van der Waals surface area (Å²) in [7, 11) is -1.36. The molecule has 1 aliphatic rings. The molecule has 1 heterocycles. The Morgan fingerprint density at radius 3 is 2.40 bits per heavy atom. The molecule has 0 unspecified atom stereocenters. The molecule has 108 valence electrons. The summed E-state index contributed by atoms with van der Waals surface area (Å²) in [5, 5.41) is 0. The molecule has 1 aromatic rings. The predicted octanol–water partition coefficient (Wildman–Crippen LogP) is 0.917. The zero-order chi connectivity index (χ0) is 14.8. The fourth-order valence-electron chi connectivity index (χ4n) is 1.91. The minimum Gasteiger partial charge on any atom is -0.362 e. The molecule has 0 atom stereocenters. The van der Waals surface area contributed by atoms with Crippen LogP contribution in [0.1, 0.15) is 10.4 Å². The van der Waals surface area contributed by atoms with E-state index in [1.165, 1.54) is 0 Å². The summed E-state index contributed by atoms with van der Waals surface area (Å²) < 4.78 is 24.5. The summed E-state index contributed by atoms with van der Waals surface area (Å²) in [6.45, 7) is 0.999. The van der Waals surface area contributed by atoms with Gasteiger partial charge in [-0.25, -0.2) is 8.42 Å². The number of ketones is 1. The number of anilines is 1. The van der Waals surface area contributed by atoms with Crippen molar-refractivity contribution >= 4 is 21.5 Å². The summed E-state index contributed by atoms with van der Waals surface area (Å²) in [6, 6.07) is 6.42. The second-order valence-electron chi connectivity index (χ2n) is 4.82. The summed E-state index contributed by atoms with van der Waals surface area (Å²) in [6.07, 6.45) is 4.87. The number of sulfonamides is 1. The van der Waals surface area contributed by atoms with Gasteiger partial charge in [0.2, 0.25) is 10.0 Å². The number of benzene rings is 1. The van der Waals surface area contributed by atoms with Crippen LogP contribution in [0.25, 0.3) is 0 Å². The van der Waals surface area contributed by atoms with Crippen LogP contribution in [0.4, 0.5) is 5.69 Å². The van der Waals surface area contributed by atoms with Crippen LogP contribution in [0.5, 0.6) is 0 Å². The second-order valence-corrected chi connectivity index (χ2v) is 6.57.